The Balaban J connectivity index is 1.29. The number of fused-ring (bicyclic) bond motifs is 1. The molecule has 2 aliphatic rings. The van der Waals surface area contributed by atoms with E-state index in [4.69, 9.17) is 14.2 Å². The van der Waals surface area contributed by atoms with Crippen molar-refractivity contribution in [2.45, 2.75) is 13.0 Å². The van der Waals surface area contributed by atoms with E-state index in [1.165, 1.54) is 5.69 Å². The molecule has 2 aromatic carbocycles. The first-order valence-corrected chi connectivity index (χ1v) is 8.85. The summed E-state index contributed by atoms with van der Waals surface area (Å²) >= 11 is 0. The molecule has 0 unspecified atom stereocenters. The third-order valence-corrected chi connectivity index (χ3v) is 4.60. The Labute approximate surface area is 152 Å². The number of nitrogens with zero attached hydrogens (tertiary/aromatic N) is 1. The largest absolute Gasteiger partial charge is 0.454 e. The van der Waals surface area contributed by atoms with Crippen LogP contribution in [0.15, 0.2) is 42.5 Å². The van der Waals surface area contributed by atoms with E-state index in [9.17, 15) is 4.79 Å². The van der Waals surface area contributed by atoms with Gasteiger partial charge in [-0.05, 0) is 35.4 Å². The quantitative estimate of drug-likeness (QED) is 0.891. The Morgan fingerprint density at radius 2 is 1.69 bits per heavy atom. The number of carbonyl (C=O) groups excluding carboxylic acids is 1. The Kier molecular flexibility index (Phi) is 4.93. The summed E-state index contributed by atoms with van der Waals surface area (Å²) in [5.74, 6) is 1.48. The number of nitrogens with one attached hydrogen (secondary N) is 1. The van der Waals surface area contributed by atoms with Crippen LogP contribution in [0.25, 0.3) is 0 Å². The summed E-state index contributed by atoms with van der Waals surface area (Å²) in [6.45, 7) is 4.09. The van der Waals surface area contributed by atoms with Crippen LogP contribution >= 0.6 is 0 Å². The Morgan fingerprint density at radius 1 is 0.962 bits per heavy atom. The van der Waals surface area contributed by atoms with Crippen LogP contribution < -0.4 is 19.7 Å². The van der Waals surface area contributed by atoms with Crippen LogP contribution in [0.2, 0.25) is 0 Å². The molecule has 1 N–H and O–H groups in total. The lowest BCUT2D eigenvalue weighted by Crippen LogP contribution is -2.36. The molecule has 0 spiro atoms. The highest BCUT2D eigenvalue weighted by Gasteiger charge is 2.14. The lowest BCUT2D eigenvalue weighted by atomic mass is 10.1. The molecule has 2 heterocycles. The van der Waals surface area contributed by atoms with Crippen molar-refractivity contribution in [1.29, 1.82) is 0 Å². The molecule has 2 aliphatic heterocycles. The Bertz CT molecular complexity index is 770. The maximum Gasteiger partial charge on any atom is 0.231 e. The molecule has 2 aromatic rings. The van der Waals surface area contributed by atoms with Gasteiger partial charge >= 0.3 is 0 Å². The van der Waals surface area contributed by atoms with Gasteiger partial charge in [0.05, 0.1) is 19.6 Å². The summed E-state index contributed by atoms with van der Waals surface area (Å²) in [5.41, 5.74) is 3.17. The fourth-order valence-electron chi connectivity index (χ4n) is 3.15. The lowest BCUT2D eigenvalue weighted by Gasteiger charge is -2.28. The van der Waals surface area contributed by atoms with E-state index in [2.05, 4.69) is 22.3 Å². The fourth-order valence-corrected chi connectivity index (χ4v) is 3.15. The number of hydrogen-bond acceptors (Lipinski definition) is 5. The summed E-state index contributed by atoms with van der Waals surface area (Å²) in [6, 6.07) is 13.9. The molecule has 0 saturated carbocycles. The summed E-state index contributed by atoms with van der Waals surface area (Å²) in [6.07, 6.45) is 0.369. The highest BCUT2D eigenvalue weighted by atomic mass is 16.7. The maximum absolute atomic E-state index is 12.2. The number of benzene rings is 2. The minimum Gasteiger partial charge on any atom is -0.454 e. The van der Waals surface area contributed by atoms with Gasteiger partial charge in [0.1, 0.15) is 0 Å². The van der Waals surface area contributed by atoms with E-state index in [1.54, 1.807) is 0 Å². The van der Waals surface area contributed by atoms with Crippen LogP contribution in [0, 0.1) is 0 Å². The number of amides is 1. The Hall–Kier alpha value is -2.73. The first-order chi connectivity index (χ1) is 12.8. The van der Waals surface area contributed by atoms with E-state index in [-0.39, 0.29) is 12.7 Å². The summed E-state index contributed by atoms with van der Waals surface area (Å²) in [7, 11) is 0. The van der Waals surface area contributed by atoms with Gasteiger partial charge in [-0.25, -0.2) is 0 Å². The van der Waals surface area contributed by atoms with Gasteiger partial charge in [-0.2, -0.15) is 0 Å². The van der Waals surface area contributed by atoms with Crippen molar-refractivity contribution in [3.8, 4) is 11.5 Å². The van der Waals surface area contributed by atoms with E-state index in [0.717, 1.165) is 48.9 Å². The molecule has 6 heteroatoms. The second kappa shape index (κ2) is 7.66. The van der Waals surface area contributed by atoms with Crippen LogP contribution in [-0.2, 0) is 22.5 Å². The third kappa shape index (κ3) is 3.91. The van der Waals surface area contributed by atoms with Crippen LogP contribution in [0.3, 0.4) is 0 Å². The number of morpholine rings is 1. The van der Waals surface area contributed by atoms with Gasteiger partial charge in [0.2, 0.25) is 12.7 Å². The average Bonchev–Trinajstić information content (AvgIpc) is 3.15. The first kappa shape index (κ1) is 16.7. The first-order valence-electron chi connectivity index (χ1n) is 8.85. The van der Waals surface area contributed by atoms with Gasteiger partial charge in [-0.1, -0.05) is 18.2 Å². The highest BCUT2D eigenvalue weighted by molar-refractivity contribution is 5.78. The van der Waals surface area contributed by atoms with Gasteiger partial charge in [0.25, 0.3) is 0 Å². The van der Waals surface area contributed by atoms with Crippen LogP contribution in [0.4, 0.5) is 5.69 Å². The zero-order chi connectivity index (χ0) is 17.8. The minimum atomic E-state index is 0.00166. The second-order valence-electron chi connectivity index (χ2n) is 6.41. The number of rotatable bonds is 5. The van der Waals surface area contributed by atoms with Crippen molar-refractivity contribution < 1.29 is 19.0 Å². The predicted octanol–water partition coefficient (Wildman–Crippen LogP) is 2.11. The van der Waals surface area contributed by atoms with Crippen molar-refractivity contribution in [2.24, 2.45) is 0 Å². The van der Waals surface area contributed by atoms with Crippen LogP contribution in [-0.4, -0.2) is 39.0 Å². The molecular weight excluding hydrogens is 332 g/mol. The molecular formula is C20H22N2O4. The zero-order valence-corrected chi connectivity index (χ0v) is 14.6. The zero-order valence-electron chi connectivity index (χ0n) is 14.6. The van der Waals surface area contributed by atoms with Gasteiger partial charge in [0.15, 0.2) is 11.5 Å². The standard InChI is InChI=1S/C20H22N2O4/c23-20(21-13-16-3-6-18-19(11-16)26-14-25-18)12-15-1-4-17(5-2-15)22-7-9-24-10-8-22/h1-6,11H,7-10,12-14H2,(H,21,23). The van der Waals surface area contributed by atoms with Gasteiger partial charge in [-0.15, -0.1) is 0 Å². The molecule has 1 fully saturated rings. The molecule has 0 aromatic heterocycles. The van der Waals surface area contributed by atoms with E-state index in [0.29, 0.717) is 13.0 Å². The second-order valence-corrected chi connectivity index (χ2v) is 6.41. The topological polar surface area (TPSA) is 60.0 Å². The monoisotopic (exact) mass is 354 g/mol. The number of anilines is 1. The van der Waals surface area contributed by atoms with Gasteiger partial charge in [0, 0.05) is 25.3 Å². The molecule has 1 saturated heterocycles. The molecule has 0 radical (unpaired) electrons. The minimum absolute atomic E-state index is 0.00166. The van der Waals surface area contributed by atoms with Gasteiger partial charge in [-0.3, -0.25) is 4.79 Å². The molecule has 4 rings (SSSR count). The van der Waals surface area contributed by atoms with Crippen molar-refractivity contribution >= 4 is 11.6 Å². The molecule has 0 atom stereocenters. The number of carbonyl (C=O) groups is 1. The predicted molar refractivity (Wildman–Crippen MR) is 97.6 cm³/mol. The summed E-state index contributed by atoms with van der Waals surface area (Å²) in [4.78, 5) is 14.5. The maximum atomic E-state index is 12.2. The lowest BCUT2D eigenvalue weighted by molar-refractivity contribution is -0.120. The fraction of sp³-hybridized carbons (Fsp3) is 0.350. The summed E-state index contributed by atoms with van der Waals surface area (Å²) < 4.78 is 16.0. The van der Waals surface area contributed by atoms with Gasteiger partial charge < -0.3 is 24.4 Å². The SMILES string of the molecule is O=C(Cc1ccc(N2CCOCC2)cc1)NCc1ccc2c(c1)OCO2. The van der Waals surface area contributed by atoms with E-state index in [1.807, 2.05) is 30.3 Å². The third-order valence-electron chi connectivity index (χ3n) is 4.60. The number of ether oxygens (including phenoxy) is 3. The molecule has 136 valence electrons. The molecule has 0 bridgehead atoms. The van der Waals surface area contributed by atoms with Crippen molar-refractivity contribution in [3.63, 3.8) is 0 Å². The molecule has 1 amide bonds. The summed E-state index contributed by atoms with van der Waals surface area (Å²) in [5, 5.41) is 2.95. The van der Waals surface area contributed by atoms with Crippen molar-refractivity contribution in [3.05, 3.63) is 53.6 Å². The van der Waals surface area contributed by atoms with Crippen LogP contribution in [0.1, 0.15) is 11.1 Å². The van der Waals surface area contributed by atoms with E-state index < -0.39 is 0 Å². The smallest absolute Gasteiger partial charge is 0.231 e. The van der Waals surface area contributed by atoms with E-state index >= 15 is 0 Å². The average molecular weight is 354 g/mol. The Morgan fingerprint density at radius 3 is 2.50 bits per heavy atom. The van der Waals surface area contributed by atoms with Crippen molar-refractivity contribution in [2.75, 3.05) is 38.0 Å². The molecule has 0 aliphatic carbocycles. The normalized spacial score (nSPS) is 15.8. The highest BCUT2D eigenvalue weighted by Crippen LogP contribution is 2.32. The van der Waals surface area contributed by atoms with Crippen molar-refractivity contribution in [1.82, 2.24) is 5.32 Å². The molecule has 26 heavy (non-hydrogen) atoms. The number of hydrogen-bond donors (Lipinski definition) is 1. The molecule has 6 nitrogen and oxygen atoms in total. The van der Waals surface area contributed by atoms with Crippen LogP contribution in [0.5, 0.6) is 11.5 Å².